The molecule has 0 atom stereocenters. The first-order valence-corrected chi connectivity index (χ1v) is 8.32. The minimum Gasteiger partial charge on any atom is -0.479 e. The predicted molar refractivity (Wildman–Crippen MR) is 90.7 cm³/mol. The lowest BCUT2D eigenvalue weighted by atomic mass is 9.87. The van der Waals surface area contributed by atoms with E-state index in [1.807, 2.05) is 13.1 Å². The highest BCUT2D eigenvalue weighted by molar-refractivity contribution is 5.99. The number of aromatic nitrogens is 5. The first-order valence-electron chi connectivity index (χ1n) is 8.32. The molecule has 134 valence electrons. The van der Waals surface area contributed by atoms with Crippen molar-refractivity contribution in [2.45, 2.75) is 25.3 Å². The van der Waals surface area contributed by atoms with Crippen LogP contribution in [0, 0.1) is 6.92 Å². The molecule has 9 nitrogen and oxygen atoms in total. The number of rotatable bonds is 3. The molecule has 0 saturated carbocycles. The predicted octanol–water partition coefficient (Wildman–Crippen LogP) is 0.950. The van der Waals surface area contributed by atoms with Crippen LogP contribution in [0.3, 0.4) is 0 Å². The lowest BCUT2D eigenvalue weighted by molar-refractivity contribution is -0.150. The Morgan fingerprint density at radius 1 is 1.23 bits per heavy atom. The fourth-order valence-electron chi connectivity index (χ4n) is 3.46. The maximum atomic E-state index is 12.9. The summed E-state index contributed by atoms with van der Waals surface area (Å²) < 4.78 is 3.20. The Kier molecular flexibility index (Phi) is 3.71. The Morgan fingerprint density at radius 2 is 2.00 bits per heavy atom. The largest absolute Gasteiger partial charge is 0.479 e. The van der Waals surface area contributed by atoms with Crippen LogP contribution in [0.4, 0.5) is 0 Å². The Balaban J connectivity index is 1.57. The van der Waals surface area contributed by atoms with E-state index in [9.17, 15) is 14.7 Å². The van der Waals surface area contributed by atoms with Gasteiger partial charge in [0.15, 0.2) is 5.65 Å². The van der Waals surface area contributed by atoms with Gasteiger partial charge >= 0.3 is 5.97 Å². The smallest absolute Gasteiger partial charge is 0.330 e. The molecule has 0 radical (unpaired) electrons. The maximum absolute atomic E-state index is 12.9. The number of carbonyl (C=O) groups is 2. The summed E-state index contributed by atoms with van der Waals surface area (Å²) in [5.74, 6) is -1.09. The molecule has 3 aromatic rings. The number of piperidine rings is 1. The molecule has 4 rings (SSSR count). The Hall–Kier alpha value is -3.23. The molecule has 26 heavy (non-hydrogen) atoms. The van der Waals surface area contributed by atoms with E-state index >= 15 is 0 Å². The minimum atomic E-state index is -1.07. The summed E-state index contributed by atoms with van der Waals surface area (Å²) in [5.41, 5.74) is 0.814. The first kappa shape index (κ1) is 16.2. The number of hydrogen-bond donors (Lipinski definition) is 1. The highest BCUT2D eigenvalue weighted by Crippen LogP contribution is 2.31. The topological polar surface area (TPSA) is 106 Å². The average Bonchev–Trinajstić information content (AvgIpc) is 3.30. The van der Waals surface area contributed by atoms with Crippen molar-refractivity contribution in [1.82, 2.24) is 29.0 Å². The van der Waals surface area contributed by atoms with Crippen LogP contribution in [0.5, 0.6) is 0 Å². The zero-order valence-corrected chi connectivity index (χ0v) is 14.2. The second kappa shape index (κ2) is 5.94. The van der Waals surface area contributed by atoms with Crippen LogP contribution in [0.1, 0.15) is 28.8 Å². The molecule has 1 aliphatic heterocycles. The number of fused-ring (bicyclic) bond motifs is 1. The van der Waals surface area contributed by atoms with Gasteiger partial charge in [0.05, 0.1) is 12.5 Å². The summed E-state index contributed by atoms with van der Waals surface area (Å²) in [5, 5.41) is 14.0. The number of hydrogen-bond acceptors (Lipinski definition) is 5. The van der Waals surface area contributed by atoms with E-state index < -0.39 is 11.5 Å². The van der Waals surface area contributed by atoms with Crippen LogP contribution in [-0.2, 0) is 10.3 Å². The zero-order chi connectivity index (χ0) is 18.3. The van der Waals surface area contributed by atoms with Crippen molar-refractivity contribution in [2.75, 3.05) is 13.1 Å². The van der Waals surface area contributed by atoms with Gasteiger partial charge in [0.25, 0.3) is 5.91 Å². The third-order valence-electron chi connectivity index (χ3n) is 4.99. The number of likely N-dealkylation sites (tertiary alicyclic amines) is 1. The number of carbonyl (C=O) groups excluding carboxylic acids is 1. The summed E-state index contributed by atoms with van der Waals surface area (Å²) >= 11 is 0. The molecule has 0 aromatic carbocycles. The highest BCUT2D eigenvalue weighted by Gasteiger charge is 2.44. The Labute approximate surface area is 148 Å². The lowest BCUT2D eigenvalue weighted by Gasteiger charge is -2.39. The minimum absolute atomic E-state index is 0.180. The number of carboxylic acid groups (broad SMARTS) is 1. The van der Waals surface area contributed by atoms with E-state index in [2.05, 4.69) is 15.1 Å². The first-order chi connectivity index (χ1) is 12.5. The lowest BCUT2D eigenvalue weighted by Crippen LogP contribution is -2.52. The van der Waals surface area contributed by atoms with Gasteiger partial charge in [0.2, 0.25) is 0 Å². The van der Waals surface area contributed by atoms with Crippen LogP contribution >= 0.6 is 0 Å². The number of imidazole rings is 1. The zero-order valence-electron chi connectivity index (χ0n) is 14.2. The number of amides is 1. The number of carboxylic acids is 1. The molecular weight excluding hydrogens is 336 g/mol. The summed E-state index contributed by atoms with van der Waals surface area (Å²) in [6.07, 6.45) is 10.4. The molecule has 3 aromatic heterocycles. The molecule has 9 heteroatoms. The Morgan fingerprint density at radius 3 is 2.65 bits per heavy atom. The van der Waals surface area contributed by atoms with Crippen molar-refractivity contribution in [3.63, 3.8) is 0 Å². The molecule has 0 aliphatic carbocycles. The number of aliphatic carboxylic acids is 1. The van der Waals surface area contributed by atoms with E-state index in [4.69, 9.17) is 0 Å². The van der Waals surface area contributed by atoms with Gasteiger partial charge in [-0.1, -0.05) is 0 Å². The monoisotopic (exact) mass is 354 g/mol. The molecule has 1 saturated heterocycles. The van der Waals surface area contributed by atoms with Crippen LogP contribution in [0.25, 0.3) is 5.65 Å². The maximum Gasteiger partial charge on any atom is 0.330 e. The van der Waals surface area contributed by atoms with E-state index in [1.165, 1.54) is 12.5 Å². The second-order valence-corrected chi connectivity index (χ2v) is 6.56. The molecule has 1 fully saturated rings. The van der Waals surface area contributed by atoms with Crippen molar-refractivity contribution in [1.29, 1.82) is 0 Å². The summed E-state index contributed by atoms with van der Waals surface area (Å²) in [6.45, 7) is 2.58. The van der Waals surface area contributed by atoms with E-state index in [0.717, 1.165) is 5.56 Å². The van der Waals surface area contributed by atoms with Crippen LogP contribution in [-0.4, -0.2) is 59.1 Å². The van der Waals surface area contributed by atoms with Crippen molar-refractivity contribution in [2.24, 2.45) is 0 Å². The van der Waals surface area contributed by atoms with Crippen molar-refractivity contribution >= 4 is 17.5 Å². The summed E-state index contributed by atoms with van der Waals surface area (Å²) in [4.78, 5) is 34.7. The van der Waals surface area contributed by atoms with Gasteiger partial charge in [-0.2, -0.15) is 5.10 Å². The molecule has 0 unspecified atom stereocenters. The van der Waals surface area contributed by atoms with Crippen LogP contribution < -0.4 is 0 Å². The van der Waals surface area contributed by atoms with Crippen LogP contribution in [0.15, 0.2) is 37.3 Å². The standard InChI is InChI=1S/C17H18N6O3/c1-12-8-19-14-13(9-20-23(14)10-12)15(24)21-5-2-17(3-6-21,16(25)26)22-7-4-18-11-22/h4,7-11H,2-3,5-6H2,1H3,(H,25,26). The molecular formula is C17H18N6O3. The van der Waals surface area contributed by atoms with Crippen LogP contribution in [0.2, 0.25) is 0 Å². The van der Waals surface area contributed by atoms with Gasteiger partial charge in [0, 0.05) is 37.9 Å². The summed E-state index contributed by atoms with van der Waals surface area (Å²) in [7, 11) is 0. The van der Waals surface area contributed by atoms with Crippen molar-refractivity contribution in [3.05, 3.63) is 48.4 Å². The van der Waals surface area contributed by atoms with E-state index in [-0.39, 0.29) is 5.91 Å². The van der Waals surface area contributed by atoms with Crippen molar-refractivity contribution in [3.8, 4) is 0 Å². The normalized spacial score (nSPS) is 16.7. The van der Waals surface area contributed by atoms with Gasteiger partial charge in [-0.05, 0) is 25.3 Å². The summed E-state index contributed by atoms with van der Waals surface area (Å²) in [6, 6.07) is 0. The van der Waals surface area contributed by atoms with Crippen molar-refractivity contribution < 1.29 is 14.7 Å². The van der Waals surface area contributed by atoms with Gasteiger partial charge in [-0.25, -0.2) is 19.3 Å². The van der Waals surface area contributed by atoms with Gasteiger partial charge < -0.3 is 14.6 Å². The average molecular weight is 354 g/mol. The second-order valence-electron chi connectivity index (χ2n) is 6.56. The molecule has 0 bridgehead atoms. The SMILES string of the molecule is Cc1cnc2c(C(=O)N3CCC(C(=O)O)(n4ccnc4)CC3)cnn2c1. The highest BCUT2D eigenvalue weighted by atomic mass is 16.4. The molecule has 1 aliphatic rings. The third-order valence-corrected chi connectivity index (χ3v) is 4.99. The van der Waals surface area contributed by atoms with Gasteiger partial charge in [0.1, 0.15) is 11.1 Å². The number of nitrogens with zero attached hydrogens (tertiary/aromatic N) is 6. The number of aryl methyl sites for hydroxylation is 1. The molecule has 0 spiro atoms. The Bertz CT molecular complexity index is 970. The van der Waals surface area contributed by atoms with Gasteiger partial charge in [-0.15, -0.1) is 0 Å². The fraction of sp³-hybridized carbons (Fsp3) is 0.353. The van der Waals surface area contributed by atoms with Gasteiger partial charge in [-0.3, -0.25) is 4.79 Å². The third kappa shape index (κ3) is 2.43. The molecule has 1 N–H and O–H groups in total. The van der Waals surface area contributed by atoms with E-state index in [0.29, 0.717) is 37.1 Å². The van der Waals surface area contributed by atoms with E-state index in [1.54, 1.807) is 32.6 Å². The molecule has 4 heterocycles. The molecule has 1 amide bonds. The quantitative estimate of drug-likeness (QED) is 0.751. The fourth-order valence-corrected chi connectivity index (χ4v) is 3.46.